The number of aromatic nitrogens is 2. The Morgan fingerprint density at radius 1 is 1.47 bits per heavy atom. The van der Waals surface area contributed by atoms with Crippen LogP contribution in [0.25, 0.3) is 17.1 Å². The molecule has 0 aliphatic heterocycles. The summed E-state index contributed by atoms with van der Waals surface area (Å²) in [5.74, 6) is -1.73. The molecule has 0 bridgehead atoms. The van der Waals surface area contributed by atoms with Crippen molar-refractivity contribution in [1.82, 2.24) is 9.55 Å². The smallest absolute Gasteiger partial charge is 0.329 e. The zero-order valence-electron chi connectivity index (χ0n) is 8.50. The number of benzene rings is 1. The number of halogens is 1. The van der Waals surface area contributed by atoms with Crippen LogP contribution in [0, 0.1) is 5.82 Å². The normalized spacial score (nSPS) is 11.1. The predicted octanol–water partition coefficient (Wildman–Crippen LogP) is 1.09. The average Bonchev–Trinajstić information content (AvgIpc) is 2.29. The highest BCUT2D eigenvalue weighted by molar-refractivity contribution is 5.83. The molecule has 0 fully saturated rings. The zero-order valence-corrected chi connectivity index (χ0v) is 8.50. The Hall–Kier alpha value is -2.50. The van der Waals surface area contributed by atoms with Crippen LogP contribution in [0.2, 0.25) is 0 Å². The molecule has 1 heterocycles. The Morgan fingerprint density at radius 2 is 2.24 bits per heavy atom. The number of rotatable bonds is 2. The molecule has 1 N–H and O–H groups in total. The second-order valence-electron chi connectivity index (χ2n) is 3.27. The third kappa shape index (κ3) is 2.20. The molecule has 0 atom stereocenters. The van der Waals surface area contributed by atoms with Gasteiger partial charge in [0, 0.05) is 12.3 Å². The van der Waals surface area contributed by atoms with Gasteiger partial charge in [-0.05, 0) is 18.2 Å². The standard InChI is InChI=1S/C11H7FN2O3/c12-7-1-2-9-8(5-7)11(17)14(6-13-9)4-3-10(15)16/h1-6H,(H,15,16). The van der Waals surface area contributed by atoms with Crippen LogP contribution in [0.5, 0.6) is 0 Å². The molecule has 0 radical (unpaired) electrons. The number of nitrogens with zero attached hydrogens (tertiary/aromatic N) is 2. The second-order valence-corrected chi connectivity index (χ2v) is 3.27. The lowest BCUT2D eigenvalue weighted by Crippen LogP contribution is -2.16. The maximum atomic E-state index is 13.0. The van der Waals surface area contributed by atoms with Gasteiger partial charge in [-0.25, -0.2) is 14.2 Å². The summed E-state index contributed by atoms with van der Waals surface area (Å²) in [7, 11) is 0. The van der Waals surface area contributed by atoms with Gasteiger partial charge >= 0.3 is 5.97 Å². The molecule has 0 aliphatic carbocycles. The molecule has 5 nitrogen and oxygen atoms in total. The largest absolute Gasteiger partial charge is 0.478 e. The summed E-state index contributed by atoms with van der Waals surface area (Å²) >= 11 is 0. The first kappa shape index (κ1) is 11.0. The van der Waals surface area contributed by atoms with Gasteiger partial charge in [0.05, 0.1) is 10.9 Å². The summed E-state index contributed by atoms with van der Waals surface area (Å²) in [6.07, 6.45) is 3.04. The number of hydrogen-bond donors (Lipinski definition) is 1. The van der Waals surface area contributed by atoms with Crippen LogP contribution in [0.1, 0.15) is 0 Å². The van der Waals surface area contributed by atoms with Crippen molar-refractivity contribution >= 4 is 23.1 Å². The number of carbonyl (C=O) groups is 1. The Morgan fingerprint density at radius 3 is 2.94 bits per heavy atom. The maximum absolute atomic E-state index is 13.0. The summed E-state index contributed by atoms with van der Waals surface area (Å²) in [5, 5.41) is 8.54. The summed E-state index contributed by atoms with van der Waals surface area (Å²) in [5.41, 5.74) is -0.164. The fourth-order valence-electron chi connectivity index (χ4n) is 1.36. The summed E-state index contributed by atoms with van der Waals surface area (Å²) in [4.78, 5) is 26.0. The first-order valence-corrected chi connectivity index (χ1v) is 4.65. The van der Waals surface area contributed by atoms with Gasteiger partial charge in [0.15, 0.2) is 0 Å². The highest BCUT2D eigenvalue weighted by Gasteiger charge is 2.03. The van der Waals surface area contributed by atoms with Crippen molar-refractivity contribution in [1.29, 1.82) is 0 Å². The number of hydrogen-bond acceptors (Lipinski definition) is 3. The summed E-state index contributed by atoms with van der Waals surface area (Å²) in [6.45, 7) is 0. The quantitative estimate of drug-likeness (QED) is 0.789. The van der Waals surface area contributed by atoms with Crippen LogP contribution < -0.4 is 5.56 Å². The van der Waals surface area contributed by atoms with Crippen molar-refractivity contribution in [3.63, 3.8) is 0 Å². The third-order valence-corrected chi connectivity index (χ3v) is 2.12. The molecule has 0 saturated heterocycles. The van der Waals surface area contributed by atoms with Gasteiger partial charge in [-0.1, -0.05) is 0 Å². The van der Waals surface area contributed by atoms with E-state index in [1.165, 1.54) is 18.5 Å². The van der Waals surface area contributed by atoms with Crippen LogP contribution in [-0.2, 0) is 4.79 Å². The molecule has 0 aliphatic rings. The Kier molecular flexibility index (Phi) is 2.70. The van der Waals surface area contributed by atoms with Gasteiger partial charge in [0.2, 0.25) is 0 Å². The molecule has 0 amide bonds. The lowest BCUT2D eigenvalue weighted by molar-refractivity contribution is -0.131. The Labute approximate surface area is 94.5 Å². The predicted molar refractivity (Wildman–Crippen MR) is 58.9 cm³/mol. The van der Waals surface area contributed by atoms with Crippen molar-refractivity contribution in [2.45, 2.75) is 0 Å². The molecule has 1 aromatic heterocycles. The fraction of sp³-hybridized carbons (Fsp3) is 0. The summed E-state index contributed by atoms with van der Waals surface area (Å²) in [6, 6.07) is 3.65. The number of fused-ring (bicyclic) bond motifs is 1. The SMILES string of the molecule is O=C(O)C=Cn1cnc2ccc(F)cc2c1=O. The monoisotopic (exact) mass is 234 g/mol. The van der Waals surface area contributed by atoms with Gasteiger partial charge in [-0.15, -0.1) is 0 Å². The molecular formula is C11H7FN2O3. The molecule has 6 heteroatoms. The number of aliphatic carboxylic acids is 1. The zero-order chi connectivity index (χ0) is 12.4. The van der Waals surface area contributed by atoms with E-state index in [4.69, 9.17) is 5.11 Å². The molecule has 17 heavy (non-hydrogen) atoms. The lowest BCUT2D eigenvalue weighted by Gasteiger charge is -2.00. The van der Waals surface area contributed by atoms with Gasteiger partial charge < -0.3 is 5.11 Å². The van der Waals surface area contributed by atoms with E-state index >= 15 is 0 Å². The van der Waals surface area contributed by atoms with E-state index in [1.807, 2.05) is 0 Å². The molecule has 0 unspecified atom stereocenters. The minimum atomic E-state index is -1.18. The number of carboxylic acid groups (broad SMARTS) is 1. The second kappa shape index (κ2) is 4.17. The van der Waals surface area contributed by atoms with Gasteiger partial charge in [-0.2, -0.15) is 0 Å². The summed E-state index contributed by atoms with van der Waals surface area (Å²) < 4.78 is 14.0. The van der Waals surface area contributed by atoms with Crippen LogP contribution >= 0.6 is 0 Å². The fourth-order valence-corrected chi connectivity index (χ4v) is 1.36. The van der Waals surface area contributed by atoms with E-state index in [0.29, 0.717) is 5.52 Å². The minimum Gasteiger partial charge on any atom is -0.478 e. The first-order chi connectivity index (χ1) is 8.08. The van der Waals surface area contributed by atoms with Gasteiger partial charge in [-0.3, -0.25) is 9.36 Å². The van der Waals surface area contributed by atoms with Crippen LogP contribution in [-0.4, -0.2) is 20.6 Å². The van der Waals surface area contributed by atoms with Crippen LogP contribution in [0.3, 0.4) is 0 Å². The van der Waals surface area contributed by atoms with Gasteiger partial charge in [0.25, 0.3) is 5.56 Å². The van der Waals surface area contributed by atoms with Crippen LogP contribution in [0.15, 0.2) is 35.4 Å². The highest BCUT2D eigenvalue weighted by atomic mass is 19.1. The molecule has 86 valence electrons. The van der Waals surface area contributed by atoms with Crippen molar-refractivity contribution < 1.29 is 14.3 Å². The van der Waals surface area contributed by atoms with Crippen molar-refractivity contribution in [3.05, 3.63) is 46.8 Å². The van der Waals surface area contributed by atoms with Crippen molar-refractivity contribution in [2.24, 2.45) is 0 Å². The third-order valence-electron chi connectivity index (χ3n) is 2.12. The first-order valence-electron chi connectivity index (χ1n) is 4.65. The van der Waals surface area contributed by atoms with Crippen molar-refractivity contribution in [3.8, 4) is 0 Å². The molecule has 2 aromatic rings. The average molecular weight is 234 g/mol. The van der Waals surface area contributed by atoms with Gasteiger partial charge in [0.1, 0.15) is 12.1 Å². The highest BCUT2D eigenvalue weighted by Crippen LogP contribution is 2.08. The van der Waals surface area contributed by atoms with E-state index in [2.05, 4.69) is 4.98 Å². The molecule has 2 rings (SSSR count). The van der Waals surface area contributed by atoms with E-state index < -0.39 is 17.3 Å². The molecular weight excluding hydrogens is 227 g/mol. The Balaban J connectivity index is 2.65. The van der Waals surface area contributed by atoms with E-state index in [0.717, 1.165) is 22.9 Å². The minimum absolute atomic E-state index is 0.0996. The molecule has 0 spiro atoms. The van der Waals surface area contributed by atoms with E-state index in [9.17, 15) is 14.0 Å². The van der Waals surface area contributed by atoms with E-state index in [-0.39, 0.29) is 5.39 Å². The van der Waals surface area contributed by atoms with E-state index in [1.54, 1.807) is 0 Å². The molecule has 0 saturated carbocycles. The van der Waals surface area contributed by atoms with Crippen molar-refractivity contribution in [2.75, 3.05) is 0 Å². The maximum Gasteiger partial charge on any atom is 0.329 e. The lowest BCUT2D eigenvalue weighted by atomic mass is 10.2. The Bertz CT molecular complexity index is 676. The number of carboxylic acids is 1. The van der Waals surface area contributed by atoms with Crippen LogP contribution in [0.4, 0.5) is 4.39 Å². The molecule has 1 aromatic carbocycles. The topological polar surface area (TPSA) is 72.2 Å².